The summed E-state index contributed by atoms with van der Waals surface area (Å²) in [5, 5.41) is 3.68. The number of aryl methyl sites for hydroxylation is 2. The van der Waals surface area contributed by atoms with Crippen molar-refractivity contribution in [2.24, 2.45) is 22.7 Å². The van der Waals surface area contributed by atoms with Crippen LogP contribution in [0, 0.1) is 31.6 Å². The number of piperidine rings is 1. The first kappa shape index (κ1) is 22.1. The van der Waals surface area contributed by atoms with Gasteiger partial charge in [-0.3, -0.25) is 9.89 Å². The molecule has 3 heterocycles. The Balaban J connectivity index is 1.40. The maximum atomic E-state index is 5.75. The van der Waals surface area contributed by atoms with E-state index in [-0.39, 0.29) is 0 Å². The van der Waals surface area contributed by atoms with Crippen LogP contribution in [0.2, 0.25) is 0 Å². The molecule has 3 rings (SSSR count). The van der Waals surface area contributed by atoms with Crippen molar-refractivity contribution in [2.75, 3.05) is 39.8 Å². The summed E-state index contributed by atoms with van der Waals surface area (Å²) in [5.41, 5.74) is 1.01. The number of nitrogens with one attached hydrogen (secondary N) is 1. The van der Waals surface area contributed by atoms with Gasteiger partial charge in [-0.1, -0.05) is 26.7 Å². The molecule has 2 aliphatic rings. The molecule has 0 spiro atoms. The minimum Gasteiger partial charge on any atom is -0.444 e. The average Bonchev–Trinajstić information content (AvgIpc) is 3.32. The Bertz CT molecular complexity index is 639. The first-order valence-corrected chi connectivity index (χ1v) is 11.6. The highest BCUT2D eigenvalue weighted by Crippen LogP contribution is 2.28. The standard InChI is InChI=1S/C23H41N5O/c1-6-20(7-2)21-10-13-28(15-21)23(24-5)25-14-19-8-11-27(12-9-19)16-22-26-17(3)18(4)29-22/h19-21H,6-16H2,1-5H3,(H,24,25). The fraction of sp³-hybridized carbons (Fsp3) is 0.826. The van der Waals surface area contributed by atoms with Crippen LogP contribution in [0.3, 0.4) is 0 Å². The van der Waals surface area contributed by atoms with Gasteiger partial charge in [0.25, 0.3) is 0 Å². The zero-order valence-corrected chi connectivity index (χ0v) is 19.2. The Morgan fingerprint density at radius 2 is 1.90 bits per heavy atom. The van der Waals surface area contributed by atoms with Gasteiger partial charge in [0.15, 0.2) is 5.96 Å². The van der Waals surface area contributed by atoms with E-state index in [1.807, 2.05) is 20.9 Å². The van der Waals surface area contributed by atoms with E-state index in [1.54, 1.807) is 0 Å². The molecular formula is C23H41N5O. The molecule has 0 amide bonds. The van der Waals surface area contributed by atoms with Crippen molar-refractivity contribution in [1.29, 1.82) is 0 Å². The highest BCUT2D eigenvalue weighted by molar-refractivity contribution is 5.80. The average molecular weight is 404 g/mol. The number of likely N-dealkylation sites (tertiary alicyclic amines) is 2. The molecule has 6 heteroatoms. The third-order valence-corrected chi connectivity index (χ3v) is 7.14. The van der Waals surface area contributed by atoms with Gasteiger partial charge in [-0.05, 0) is 64.0 Å². The fourth-order valence-corrected chi connectivity index (χ4v) is 5.03. The fourth-order valence-electron chi connectivity index (χ4n) is 5.03. The van der Waals surface area contributed by atoms with E-state index in [4.69, 9.17) is 4.42 Å². The second-order valence-corrected chi connectivity index (χ2v) is 8.97. The van der Waals surface area contributed by atoms with E-state index in [0.717, 1.165) is 67.9 Å². The summed E-state index contributed by atoms with van der Waals surface area (Å²) >= 11 is 0. The lowest BCUT2D eigenvalue weighted by Gasteiger charge is -2.32. The van der Waals surface area contributed by atoms with Gasteiger partial charge in [-0.2, -0.15) is 0 Å². The lowest BCUT2D eigenvalue weighted by Crippen LogP contribution is -2.44. The van der Waals surface area contributed by atoms with E-state index in [0.29, 0.717) is 5.92 Å². The van der Waals surface area contributed by atoms with Crippen LogP contribution in [-0.4, -0.2) is 60.5 Å². The van der Waals surface area contributed by atoms with Crippen LogP contribution >= 0.6 is 0 Å². The third kappa shape index (κ3) is 5.74. The summed E-state index contributed by atoms with van der Waals surface area (Å²) in [6, 6.07) is 0. The SMILES string of the molecule is CCC(CC)C1CCN(C(=NC)NCC2CCN(Cc3nc(C)c(C)o3)CC2)C1. The van der Waals surface area contributed by atoms with Gasteiger partial charge in [0.1, 0.15) is 5.76 Å². The normalized spacial score (nSPS) is 22.1. The van der Waals surface area contributed by atoms with Crippen molar-refractivity contribution < 1.29 is 4.42 Å². The lowest BCUT2D eigenvalue weighted by atomic mass is 9.87. The number of hydrogen-bond acceptors (Lipinski definition) is 4. The number of hydrogen-bond donors (Lipinski definition) is 1. The molecule has 2 saturated heterocycles. The van der Waals surface area contributed by atoms with Crippen LogP contribution in [0.1, 0.15) is 63.3 Å². The summed E-state index contributed by atoms with van der Waals surface area (Å²) in [6.45, 7) is 15.1. The first-order valence-electron chi connectivity index (χ1n) is 11.6. The summed E-state index contributed by atoms with van der Waals surface area (Å²) in [5.74, 6) is 5.31. The van der Waals surface area contributed by atoms with Crippen molar-refractivity contribution >= 4 is 5.96 Å². The summed E-state index contributed by atoms with van der Waals surface area (Å²) in [7, 11) is 1.93. The molecule has 0 radical (unpaired) electrons. The first-order chi connectivity index (χ1) is 14.0. The predicted molar refractivity (Wildman–Crippen MR) is 119 cm³/mol. The molecule has 1 aromatic rings. The molecule has 1 atom stereocenters. The molecule has 29 heavy (non-hydrogen) atoms. The van der Waals surface area contributed by atoms with Crippen molar-refractivity contribution in [2.45, 2.75) is 66.3 Å². The number of rotatable bonds is 7. The molecule has 1 unspecified atom stereocenters. The predicted octanol–water partition coefficient (Wildman–Crippen LogP) is 3.84. The van der Waals surface area contributed by atoms with Crippen LogP contribution in [-0.2, 0) is 6.54 Å². The largest absolute Gasteiger partial charge is 0.444 e. The van der Waals surface area contributed by atoms with Crippen LogP contribution < -0.4 is 5.32 Å². The second kappa shape index (κ2) is 10.5. The van der Waals surface area contributed by atoms with E-state index >= 15 is 0 Å². The van der Waals surface area contributed by atoms with Gasteiger partial charge in [-0.15, -0.1) is 0 Å². The van der Waals surface area contributed by atoms with Crippen molar-refractivity contribution in [3.05, 3.63) is 17.3 Å². The minimum absolute atomic E-state index is 0.716. The molecule has 0 saturated carbocycles. The van der Waals surface area contributed by atoms with Crippen molar-refractivity contribution in [1.82, 2.24) is 20.1 Å². The Hall–Kier alpha value is -1.56. The van der Waals surface area contributed by atoms with E-state index < -0.39 is 0 Å². The molecule has 1 N–H and O–H groups in total. The molecule has 2 aliphatic heterocycles. The van der Waals surface area contributed by atoms with Gasteiger partial charge < -0.3 is 14.6 Å². The number of nitrogens with zero attached hydrogens (tertiary/aromatic N) is 4. The third-order valence-electron chi connectivity index (χ3n) is 7.14. The number of aliphatic imine (C=N–C) groups is 1. The van der Waals surface area contributed by atoms with Gasteiger partial charge >= 0.3 is 0 Å². The van der Waals surface area contributed by atoms with E-state index in [9.17, 15) is 0 Å². The highest BCUT2D eigenvalue weighted by Gasteiger charge is 2.29. The summed E-state index contributed by atoms with van der Waals surface area (Å²) in [4.78, 5) is 14.1. The van der Waals surface area contributed by atoms with Crippen LogP contribution in [0.25, 0.3) is 0 Å². The van der Waals surface area contributed by atoms with Gasteiger partial charge in [0, 0.05) is 26.7 Å². The maximum absolute atomic E-state index is 5.75. The smallest absolute Gasteiger partial charge is 0.208 e. The van der Waals surface area contributed by atoms with Crippen LogP contribution in [0.4, 0.5) is 0 Å². The van der Waals surface area contributed by atoms with Crippen LogP contribution in [0.15, 0.2) is 9.41 Å². The Morgan fingerprint density at radius 3 is 2.48 bits per heavy atom. The zero-order valence-electron chi connectivity index (χ0n) is 19.2. The quantitative estimate of drug-likeness (QED) is 0.554. The Morgan fingerprint density at radius 1 is 1.17 bits per heavy atom. The highest BCUT2D eigenvalue weighted by atomic mass is 16.4. The summed E-state index contributed by atoms with van der Waals surface area (Å²) < 4.78 is 5.75. The molecule has 0 aliphatic carbocycles. The van der Waals surface area contributed by atoms with Crippen LogP contribution in [0.5, 0.6) is 0 Å². The Labute approximate surface area is 177 Å². The monoisotopic (exact) mass is 403 g/mol. The minimum atomic E-state index is 0.716. The second-order valence-electron chi connectivity index (χ2n) is 8.97. The Kier molecular flexibility index (Phi) is 7.99. The molecule has 0 bridgehead atoms. The number of guanidine groups is 1. The molecule has 164 valence electrons. The van der Waals surface area contributed by atoms with Gasteiger partial charge in [-0.25, -0.2) is 4.98 Å². The number of oxazole rings is 1. The molecule has 0 aromatic carbocycles. The van der Waals surface area contributed by atoms with E-state index in [2.05, 4.69) is 38.9 Å². The lowest BCUT2D eigenvalue weighted by molar-refractivity contribution is 0.163. The zero-order chi connectivity index (χ0) is 20.8. The number of aromatic nitrogens is 1. The molecule has 6 nitrogen and oxygen atoms in total. The topological polar surface area (TPSA) is 56.9 Å². The molecule has 1 aromatic heterocycles. The van der Waals surface area contributed by atoms with Gasteiger partial charge in [0.05, 0.1) is 12.2 Å². The van der Waals surface area contributed by atoms with Gasteiger partial charge in [0.2, 0.25) is 5.89 Å². The van der Waals surface area contributed by atoms with Crippen molar-refractivity contribution in [3.63, 3.8) is 0 Å². The summed E-state index contributed by atoms with van der Waals surface area (Å²) in [6.07, 6.45) is 6.35. The van der Waals surface area contributed by atoms with Crippen molar-refractivity contribution in [3.8, 4) is 0 Å². The molecular weight excluding hydrogens is 362 g/mol. The molecule has 2 fully saturated rings. The van der Waals surface area contributed by atoms with E-state index in [1.165, 1.54) is 38.6 Å². The maximum Gasteiger partial charge on any atom is 0.208 e.